The summed E-state index contributed by atoms with van der Waals surface area (Å²) in [6.45, 7) is 0. The van der Waals surface area contributed by atoms with Crippen LogP contribution in [0, 0.1) is 0 Å². The Kier molecular flexibility index (Phi) is 4.90. The molecule has 5 N–H and O–H groups in total. The second-order valence-corrected chi connectivity index (χ2v) is 6.22. The molecule has 0 spiro atoms. The van der Waals surface area contributed by atoms with Crippen LogP contribution in [0.2, 0.25) is 0 Å². The third-order valence-corrected chi connectivity index (χ3v) is 4.31. The van der Waals surface area contributed by atoms with Crippen molar-refractivity contribution in [2.24, 2.45) is 0 Å². The molecule has 0 aliphatic heterocycles. The van der Waals surface area contributed by atoms with Crippen molar-refractivity contribution in [3.05, 3.63) is 77.4 Å². The lowest BCUT2D eigenvalue weighted by Gasteiger charge is -2.13. The fourth-order valence-electron chi connectivity index (χ4n) is 3.10. The minimum Gasteiger partial charge on any atom is -0.508 e. The highest BCUT2D eigenvalue weighted by molar-refractivity contribution is 6.03. The van der Waals surface area contributed by atoms with Gasteiger partial charge in [-0.3, -0.25) is 4.79 Å². The largest absolute Gasteiger partial charge is 0.508 e. The summed E-state index contributed by atoms with van der Waals surface area (Å²) in [6, 6.07) is 15.0. The molecule has 0 radical (unpaired) electrons. The van der Waals surface area contributed by atoms with E-state index in [1.807, 2.05) is 0 Å². The van der Waals surface area contributed by atoms with Crippen LogP contribution in [0.5, 0.6) is 28.7 Å². The summed E-state index contributed by atoms with van der Waals surface area (Å²) in [5.41, 5.74) is 1.77. The Morgan fingerprint density at radius 2 is 1.33 bits per heavy atom. The summed E-state index contributed by atoms with van der Waals surface area (Å²) in [6.07, 6.45) is 0.261. The smallest absolute Gasteiger partial charge is 0.164 e. The fourth-order valence-corrected chi connectivity index (χ4v) is 3.10. The molecule has 0 heterocycles. The number of phenolic OH excluding ortho intramolecular Hbond substituents is 5. The highest BCUT2D eigenvalue weighted by Crippen LogP contribution is 2.44. The highest BCUT2D eigenvalue weighted by atomic mass is 16.3. The molecule has 6 heteroatoms. The van der Waals surface area contributed by atoms with Crippen LogP contribution in [0.1, 0.15) is 33.8 Å². The number of benzene rings is 3. The average molecular weight is 366 g/mol. The topological polar surface area (TPSA) is 118 Å². The molecule has 3 aromatic rings. The zero-order valence-electron chi connectivity index (χ0n) is 14.2. The van der Waals surface area contributed by atoms with Gasteiger partial charge in [0.1, 0.15) is 28.7 Å². The predicted octanol–water partition coefficient (Wildman–Crippen LogP) is 3.62. The van der Waals surface area contributed by atoms with Crippen molar-refractivity contribution in [1.82, 2.24) is 0 Å². The molecule has 1 aliphatic carbocycles. The lowest BCUT2D eigenvalue weighted by molar-refractivity contribution is 0.0991. The number of aromatic hydroxyl groups is 5. The lowest BCUT2D eigenvalue weighted by atomic mass is 9.92. The van der Waals surface area contributed by atoms with Crippen molar-refractivity contribution in [2.75, 3.05) is 0 Å². The Morgan fingerprint density at radius 3 is 1.89 bits per heavy atom. The number of ketones is 1. The molecule has 4 rings (SSSR count). The standard InChI is InChI=1S/C15H12O4.C6H6O2/c16-9-3-1-8(2-4-9)11-7-13(18)12-5-10(17)6-14(19)15(11)12;7-5-2-1-3-6(8)4-5/h1-6,11,16-17,19H,7H2;1-4,7-8H/t11-;/m1./s1. The van der Waals surface area contributed by atoms with E-state index in [9.17, 15) is 20.1 Å². The summed E-state index contributed by atoms with van der Waals surface area (Å²) in [5.74, 6) is -0.184. The van der Waals surface area contributed by atoms with Gasteiger partial charge in [0.05, 0.1) is 0 Å². The zero-order valence-corrected chi connectivity index (χ0v) is 14.2. The second-order valence-electron chi connectivity index (χ2n) is 6.22. The van der Waals surface area contributed by atoms with Gasteiger partial charge >= 0.3 is 0 Å². The van der Waals surface area contributed by atoms with E-state index in [1.54, 1.807) is 30.3 Å². The molecule has 27 heavy (non-hydrogen) atoms. The van der Waals surface area contributed by atoms with E-state index < -0.39 is 0 Å². The van der Waals surface area contributed by atoms with Crippen molar-refractivity contribution in [3.8, 4) is 28.7 Å². The van der Waals surface area contributed by atoms with Crippen LogP contribution >= 0.6 is 0 Å². The third kappa shape index (κ3) is 3.95. The Balaban J connectivity index is 0.000000221. The van der Waals surface area contributed by atoms with Gasteiger partial charge in [-0.05, 0) is 35.9 Å². The molecule has 0 fully saturated rings. The maximum Gasteiger partial charge on any atom is 0.164 e. The number of carbonyl (C=O) groups is 1. The molecule has 0 amide bonds. The summed E-state index contributed by atoms with van der Waals surface area (Å²) < 4.78 is 0. The first kappa shape index (κ1) is 18.1. The average Bonchev–Trinajstić information content (AvgIpc) is 2.93. The van der Waals surface area contributed by atoms with Gasteiger partial charge in [-0.25, -0.2) is 0 Å². The molecule has 6 nitrogen and oxygen atoms in total. The van der Waals surface area contributed by atoms with Gasteiger partial charge in [-0.15, -0.1) is 0 Å². The van der Waals surface area contributed by atoms with Crippen molar-refractivity contribution >= 4 is 5.78 Å². The number of hydrogen-bond donors (Lipinski definition) is 5. The number of carbonyl (C=O) groups excluding carboxylic acids is 1. The minimum absolute atomic E-state index is 0.0704. The molecule has 1 aliphatic rings. The number of fused-ring (bicyclic) bond motifs is 1. The maximum absolute atomic E-state index is 11.9. The molecule has 1 atom stereocenters. The van der Waals surface area contributed by atoms with Crippen molar-refractivity contribution in [3.63, 3.8) is 0 Å². The van der Waals surface area contributed by atoms with Crippen LogP contribution in [-0.2, 0) is 0 Å². The molecule has 0 bridgehead atoms. The summed E-state index contributed by atoms with van der Waals surface area (Å²) >= 11 is 0. The van der Waals surface area contributed by atoms with E-state index in [2.05, 4.69) is 0 Å². The van der Waals surface area contributed by atoms with Crippen LogP contribution in [0.15, 0.2) is 60.7 Å². The van der Waals surface area contributed by atoms with Gasteiger partial charge in [0.15, 0.2) is 5.78 Å². The van der Waals surface area contributed by atoms with Gasteiger partial charge in [0, 0.05) is 35.6 Å². The predicted molar refractivity (Wildman–Crippen MR) is 98.4 cm³/mol. The normalized spacial score (nSPS) is 15.0. The third-order valence-electron chi connectivity index (χ3n) is 4.31. The summed E-state index contributed by atoms with van der Waals surface area (Å²) in [5, 5.41) is 46.0. The second kappa shape index (κ2) is 7.29. The van der Waals surface area contributed by atoms with E-state index in [0.717, 1.165) is 5.56 Å². The van der Waals surface area contributed by atoms with E-state index in [0.29, 0.717) is 11.1 Å². The van der Waals surface area contributed by atoms with Gasteiger partial charge in [0.2, 0.25) is 0 Å². The first-order valence-corrected chi connectivity index (χ1v) is 8.21. The van der Waals surface area contributed by atoms with Crippen LogP contribution < -0.4 is 0 Å². The number of Topliss-reactive ketones (excluding diaryl/α,β-unsaturated/α-hetero) is 1. The monoisotopic (exact) mass is 366 g/mol. The van der Waals surface area contributed by atoms with Crippen molar-refractivity contribution in [2.45, 2.75) is 12.3 Å². The first-order chi connectivity index (χ1) is 12.8. The molecule has 0 aromatic heterocycles. The molecular formula is C21H18O6. The van der Waals surface area contributed by atoms with Crippen LogP contribution in [-0.4, -0.2) is 31.3 Å². The van der Waals surface area contributed by atoms with Crippen molar-refractivity contribution in [1.29, 1.82) is 0 Å². The Hall–Kier alpha value is -3.67. The lowest BCUT2D eigenvalue weighted by Crippen LogP contribution is -1.96. The van der Waals surface area contributed by atoms with E-state index >= 15 is 0 Å². The summed E-state index contributed by atoms with van der Waals surface area (Å²) in [7, 11) is 0. The molecule has 138 valence electrons. The molecule has 0 saturated carbocycles. The van der Waals surface area contributed by atoms with Gasteiger partial charge in [-0.1, -0.05) is 18.2 Å². The molecule has 0 saturated heterocycles. The van der Waals surface area contributed by atoms with E-state index in [4.69, 9.17) is 10.2 Å². The maximum atomic E-state index is 11.9. The quantitative estimate of drug-likeness (QED) is 0.449. The molecule has 3 aromatic carbocycles. The van der Waals surface area contributed by atoms with E-state index in [1.165, 1.54) is 30.3 Å². The Morgan fingerprint density at radius 1 is 0.704 bits per heavy atom. The van der Waals surface area contributed by atoms with Gasteiger partial charge < -0.3 is 25.5 Å². The van der Waals surface area contributed by atoms with Crippen LogP contribution in [0.3, 0.4) is 0 Å². The number of phenols is 5. The highest BCUT2D eigenvalue weighted by Gasteiger charge is 2.33. The minimum atomic E-state index is -0.233. The van der Waals surface area contributed by atoms with E-state index in [-0.39, 0.29) is 46.9 Å². The number of rotatable bonds is 1. The Labute approximate surface area is 155 Å². The van der Waals surface area contributed by atoms with Crippen LogP contribution in [0.4, 0.5) is 0 Å². The SMILES string of the molecule is O=C1C[C@H](c2ccc(O)cc2)c2c(O)cc(O)cc21.Oc1cccc(O)c1. The molecular weight excluding hydrogens is 348 g/mol. The first-order valence-electron chi connectivity index (χ1n) is 8.21. The summed E-state index contributed by atoms with van der Waals surface area (Å²) in [4.78, 5) is 11.9. The van der Waals surface area contributed by atoms with Gasteiger partial charge in [-0.2, -0.15) is 0 Å². The zero-order chi connectivity index (χ0) is 19.6. The molecule has 0 unspecified atom stereocenters. The van der Waals surface area contributed by atoms with Crippen molar-refractivity contribution < 1.29 is 30.3 Å². The van der Waals surface area contributed by atoms with Crippen LogP contribution in [0.25, 0.3) is 0 Å². The fraction of sp³-hybridized carbons (Fsp3) is 0.0952. The number of hydrogen-bond acceptors (Lipinski definition) is 6. The van der Waals surface area contributed by atoms with Gasteiger partial charge in [0.25, 0.3) is 0 Å². The Bertz CT molecular complexity index is 961.